The van der Waals surface area contributed by atoms with Gasteiger partial charge in [0.2, 0.25) is 5.95 Å². The Morgan fingerprint density at radius 2 is 1.04 bits per heavy atom. The molecule has 0 fully saturated rings. The first-order valence-corrected chi connectivity index (χ1v) is 17.5. The quantitative estimate of drug-likeness (QED) is 0.185. The smallest absolute Gasteiger partial charge is 0.238 e. The van der Waals surface area contributed by atoms with Crippen LogP contribution in [0.2, 0.25) is 0 Å². The van der Waals surface area contributed by atoms with Crippen LogP contribution in [0.25, 0.3) is 84.3 Å². The molecule has 0 aliphatic heterocycles. The number of aromatic nitrogens is 5. The molecule has 6 aromatic carbocycles. The highest BCUT2D eigenvalue weighted by Crippen LogP contribution is 2.42. The van der Waals surface area contributed by atoms with Gasteiger partial charge >= 0.3 is 0 Å². The molecule has 0 N–H and O–H groups in total. The molecule has 9 aromatic rings. The summed E-state index contributed by atoms with van der Waals surface area (Å²) in [6, 6.07) is 53.1. The van der Waals surface area contributed by atoms with Gasteiger partial charge in [0.05, 0.1) is 16.6 Å². The van der Waals surface area contributed by atoms with Crippen molar-refractivity contribution in [3.05, 3.63) is 169 Å². The van der Waals surface area contributed by atoms with Gasteiger partial charge in [0.25, 0.3) is 0 Å². The van der Waals surface area contributed by atoms with E-state index in [1.54, 1.807) is 0 Å². The molecule has 5 nitrogen and oxygen atoms in total. The fourth-order valence-corrected chi connectivity index (χ4v) is 7.74. The Balaban J connectivity index is 1.29. The lowest BCUT2D eigenvalue weighted by Gasteiger charge is -2.17. The normalized spacial score (nSPS) is 14.0. The molecule has 0 saturated heterocycles. The van der Waals surface area contributed by atoms with E-state index in [1.165, 1.54) is 22.2 Å². The molecule has 0 spiro atoms. The van der Waals surface area contributed by atoms with Gasteiger partial charge in [0, 0.05) is 44.2 Å². The number of nitrogens with zero attached hydrogens (tertiary/aromatic N) is 5. The van der Waals surface area contributed by atoms with E-state index < -0.39 is 0 Å². The first-order valence-electron chi connectivity index (χ1n) is 17.5. The van der Waals surface area contributed by atoms with E-state index in [4.69, 9.17) is 15.0 Å². The number of benzene rings is 6. The highest BCUT2D eigenvalue weighted by atomic mass is 15.2. The van der Waals surface area contributed by atoms with Gasteiger partial charge in [0.1, 0.15) is 0 Å². The molecule has 0 amide bonds. The Bertz CT molecular complexity index is 2760. The molecular formula is C46H33N5. The van der Waals surface area contributed by atoms with Gasteiger partial charge in [-0.15, -0.1) is 0 Å². The van der Waals surface area contributed by atoms with Gasteiger partial charge in [-0.05, 0) is 41.7 Å². The third-order valence-electron chi connectivity index (χ3n) is 10.1. The zero-order valence-corrected chi connectivity index (χ0v) is 28.1. The second-order valence-electron chi connectivity index (χ2n) is 13.4. The Morgan fingerprint density at radius 1 is 0.490 bits per heavy atom. The van der Waals surface area contributed by atoms with Gasteiger partial charge < -0.3 is 4.57 Å². The molecule has 0 saturated carbocycles. The largest absolute Gasteiger partial charge is 0.311 e. The van der Waals surface area contributed by atoms with Crippen LogP contribution < -0.4 is 0 Å². The van der Waals surface area contributed by atoms with E-state index in [1.807, 2.05) is 24.3 Å². The van der Waals surface area contributed by atoms with Gasteiger partial charge in [-0.25, -0.2) is 4.98 Å². The van der Waals surface area contributed by atoms with E-state index >= 15 is 0 Å². The average molecular weight is 656 g/mol. The standard InChI is InChI=1S/C46H33N5/c1-30-21-26-37-39-28-27-38-36-19-11-12-20-40(36)51(43(38)42(39)50(41(37)29-30)35-17-9-4-10-18-35)46-48-44(33-15-7-3-8-16-33)47-45(49-46)34-24-22-32(23-25-34)31-13-5-2-6-14-31/h2-28,30H,29H2,1H3. The summed E-state index contributed by atoms with van der Waals surface area (Å²) in [5.41, 5.74) is 11.3. The SMILES string of the molecule is CC1C=Cc2c(n(-c3ccccc3)c3c2ccc2c4ccccc4n(-c4nc(-c5ccccc5)nc(-c5ccc(-c6ccccc6)cc5)n4)c23)C1. The lowest BCUT2D eigenvalue weighted by atomic mass is 9.94. The molecule has 5 heteroatoms. The van der Waals surface area contributed by atoms with E-state index in [2.05, 4.69) is 156 Å². The summed E-state index contributed by atoms with van der Waals surface area (Å²) in [4.78, 5) is 15.6. The third-order valence-corrected chi connectivity index (χ3v) is 10.1. The molecule has 242 valence electrons. The first kappa shape index (κ1) is 29.3. The van der Waals surface area contributed by atoms with Gasteiger partial charge in [0.15, 0.2) is 11.6 Å². The van der Waals surface area contributed by atoms with Crippen molar-refractivity contribution in [1.82, 2.24) is 24.1 Å². The van der Waals surface area contributed by atoms with E-state index in [0.29, 0.717) is 23.5 Å². The second kappa shape index (κ2) is 11.8. The minimum Gasteiger partial charge on any atom is -0.311 e. The molecule has 10 rings (SSSR count). The zero-order valence-electron chi connectivity index (χ0n) is 28.1. The lowest BCUT2D eigenvalue weighted by Crippen LogP contribution is -2.09. The van der Waals surface area contributed by atoms with Crippen molar-refractivity contribution < 1.29 is 0 Å². The maximum atomic E-state index is 5.29. The number of fused-ring (bicyclic) bond motifs is 7. The Labute approximate surface area is 295 Å². The number of allylic oxidation sites excluding steroid dienone is 1. The predicted molar refractivity (Wildman–Crippen MR) is 209 cm³/mol. The Kier molecular flexibility index (Phi) is 6.78. The van der Waals surface area contributed by atoms with Crippen molar-refractivity contribution in [2.75, 3.05) is 0 Å². The Morgan fingerprint density at radius 3 is 1.76 bits per heavy atom. The Hall–Kier alpha value is -6.59. The van der Waals surface area contributed by atoms with Crippen molar-refractivity contribution >= 4 is 38.8 Å². The van der Waals surface area contributed by atoms with Crippen LogP contribution in [-0.4, -0.2) is 24.1 Å². The number of rotatable bonds is 5. The van der Waals surface area contributed by atoms with E-state index in [0.717, 1.165) is 56.1 Å². The van der Waals surface area contributed by atoms with Gasteiger partial charge in [-0.3, -0.25) is 4.57 Å². The highest BCUT2D eigenvalue weighted by Gasteiger charge is 2.26. The molecular weight excluding hydrogens is 623 g/mol. The summed E-state index contributed by atoms with van der Waals surface area (Å²) in [5.74, 6) is 2.30. The molecule has 1 unspecified atom stereocenters. The number of para-hydroxylation sites is 2. The van der Waals surface area contributed by atoms with Crippen LogP contribution in [0.1, 0.15) is 18.2 Å². The maximum Gasteiger partial charge on any atom is 0.238 e. The van der Waals surface area contributed by atoms with Crippen LogP contribution in [0, 0.1) is 5.92 Å². The molecule has 1 atom stereocenters. The van der Waals surface area contributed by atoms with Crippen molar-refractivity contribution in [1.29, 1.82) is 0 Å². The van der Waals surface area contributed by atoms with Gasteiger partial charge in [-0.2, -0.15) is 9.97 Å². The molecule has 3 heterocycles. The predicted octanol–water partition coefficient (Wildman–Crippen LogP) is 11.1. The average Bonchev–Trinajstić information content (AvgIpc) is 3.71. The lowest BCUT2D eigenvalue weighted by molar-refractivity contribution is 0.691. The van der Waals surface area contributed by atoms with Crippen LogP contribution >= 0.6 is 0 Å². The summed E-state index contributed by atoms with van der Waals surface area (Å²) < 4.78 is 4.74. The van der Waals surface area contributed by atoms with Crippen molar-refractivity contribution in [3.8, 4) is 45.5 Å². The fourth-order valence-electron chi connectivity index (χ4n) is 7.74. The molecule has 0 radical (unpaired) electrons. The van der Waals surface area contributed by atoms with Crippen molar-refractivity contribution in [3.63, 3.8) is 0 Å². The van der Waals surface area contributed by atoms with Crippen LogP contribution in [0.4, 0.5) is 0 Å². The van der Waals surface area contributed by atoms with Crippen molar-refractivity contribution in [2.45, 2.75) is 13.3 Å². The molecule has 51 heavy (non-hydrogen) atoms. The van der Waals surface area contributed by atoms with Crippen LogP contribution in [0.15, 0.2) is 158 Å². The topological polar surface area (TPSA) is 48.5 Å². The summed E-state index contributed by atoms with van der Waals surface area (Å²) in [5, 5.41) is 3.55. The van der Waals surface area contributed by atoms with Crippen molar-refractivity contribution in [2.24, 2.45) is 5.92 Å². The minimum absolute atomic E-state index is 0.443. The third kappa shape index (κ3) is 4.81. The molecule has 3 aromatic heterocycles. The van der Waals surface area contributed by atoms with Gasteiger partial charge in [-0.1, -0.05) is 153 Å². The van der Waals surface area contributed by atoms with Crippen LogP contribution in [-0.2, 0) is 6.42 Å². The van der Waals surface area contributed by atoms with Crippen LogP contribution in [0.3, 0.4) is 0 Å². The fraction of sp³-hybridized carbons (Fsp3) is 0.0652. The minimum atomic E-state index is 0.443. The summed E-state index contributed by atoms with van der Waals surface area (Å²) in [6.45, 7) is 2.29. The molecule has 0 bridgehead atoms. The monoisotopic (exact) mass is 655 g/mol. The summed E-state index contributed by atoms with van der Waals surface area (Å²) in [6.07, 6.45) is 5.62. The summed E-state index contributed by atoms with van der Waals surface area (Å²) >= 11 is 0. The number of hydrogen-bond acceptors (Lipinski definition) is 3. The first-order chi connectivity index (χ1) is 25.2. The second-order valence-corrected chi connectivity index (χ2v) is 13.4. The molecule has 1 aliphatic rings. The zero-order chi connectivity index (χ0) is 33.9. The summed E-state index contributed by atoms with van der Waals surface area (Å²) in [7, 11) is 0. The maximum absolute atomic E-state index is 5.29. The van der Waals surface area contributed by atoms with E-state index in [-0.39, 0.29) is 0 Å². The number of hydrogen-bond donors (Lipinski definition) is 0. The molecule has 1 aliphatic carbocycles. The van der Waals surface area contributed by atoms with Crippen LogP contribution in [0.5, 0.6) is 0 Å². The van der Waals surface area contributed by atoms with E-state index in [9.17, 15) is 0 Å². The highest BCUT2D eigenvalue weighted by molar-refractivity contribution is 6.19.